The minimum atomic E-state index is -1.10. The predicted octanol–water partition coefficient (Wildman–Crippen LogP) is 3.13. The van der Waals surface area contributed by atoms with E-state index >= 15 is 0 Å². The Bertz CT molecular complexity index is 896. The highest BCUT2D eigenvalue weighted by atomic mass is 16.6. The van der Waals surface area contributed by atoms with Crippen LogP contribution in [0.3, 0.4) is 0 Å². The third-order valence-corrected chi connectivity index (χ3v) is 4.61. The van der Waals surface area contributed by atoms with Crippen molar-refractivity contribution in [3.05, 3.63) is 71.8 Å². The standard InChI is InChI=1S/C22H21NO6/c1-15(20(25)17-10-6-3-7-11-17)29-21(26)18-12-13-19(24)23(18)22(27)28-14-16-8-4-2-5-9-16/h2-11,15,18H,12-14H2,1H3/t15-,18+/m1/s1. The second-order valence-corrected chi connectivity index (χ2v) is 6.67. The largest absolute Gasteiger partial charge is 0.453 e. The van der Waals surface area contributed by atoms with Gasteiger partial charge in [-0.05, 0) is 18.9 Å². The van der Waals surface area contributed by atoms with Crippen LogP contribution in [0.2, 0.25) is 0 Å². The quantitative estimate of drug-likeness (QED) is 0.551. The van der Waals surface area contributed by atoms with Crippen LogP contribution in [0.1, 0.15) is 35.7 Å². The molecule has 2 amide bonds. The average Bonchev–Trinajstić information content (AvgIpc) is 3.14. The number of amides is 2. The molecule has 1 aliphatic heterocycles. The van der Waals surface area contributed by atoms with Crippen LogP contribution in [0.5, 0.6) is 0 Å². The molecule has 2 aromatic rings. The molecule has 150 valence electrons. The van der Waals surface area contributed by atoms with E-state index in [2.05, 4.69) is 0 Å². The van der Waals surface area contributed by atoms with Crippen LogP contribution in [-0.2, 0) is 25.7 Å². The van der Waals surface area contributed by atoms with Gasteiger partial charge in [0.15, 0.2) is 6.10 Å². The van der Waals surface area contributed by atoms with Crippen LogP contribution in [0, 0.1) is 0 Å². The zero-order valence-corrected chi connectivity index (χ0v) is 15.9. The third kappa shape index (κ3) is 4.87. The summed E-state index contributed by atoms with van der Waals surface area (Å²) in [6.07, 6.45) is -1.78. The number of ketones is 1. The molecule has 0 spiro atoms. The lowest BCUT2D eigenvalue weighted by molar-refractivity contribution is -0.153. The first-order valence-corrected chi connectivity index (χ1v) is 9.30. The summed E-state index contributed by atoms with van der Waals surface area (Å²) in [5.74, 6) is -1.67. The number of hydrogen-bond acceptors (Lipinski definition) is 6. The maximum Gasteiger partial charge on any atom is 0.417 e. The van der Waals surface area contributed by atoms with Gasteiger partial charge < -0.3 is 9.47 Å². The zero-order chi connectivity index (χ0) is 20.8. The molecular formula is C22H21NO6. The van der Waals surface area contributed by atoms with Crippen molar-refractivity contribution in [3.8, 4) is 0 Å². The predicted molar refractivity (Wildman–Crippen MR) is 103 cm³/mol. The van der Waals surface area contributed by atoms with Gasteiger partial charge >= 0.3 is 12.1 Å². The Morgan fingerprint density at radius 3 is 2.31 bits per heavy atom. The van der Waals surface area contributed by atoms with E-state index in [1.54, 1.807) is 54.6 Å². The number of ether oxygens (including phenoxy) is 2. The topological polar surface area (TPSA) is 90.0 Å². The fourth-order valence-electron chi connectivity index (χ4n) is 3.07. The zero-order valence-electron chi connectivity index (χ0n) is 15.9. The second kappa shape index (κ2) is 9.14. The Labute approximate surface area is 168 Å². The average molecular weight is 395 g/mol. The number of carbonyl (C=O) groups excluding carboxylic acids is 4. The minimum Gasteiger partial charge on any atom is -0.453 e. The molecule has 0 radical (unpaired) electrons. The Morgan fingerprint density at radius 1 is 1.03 bits per heavy atom. The number of benzene rings is 2. The highest BCUT2D eigenvalue weighted by Gasteiger charge is 2.43. The van der Waals surface area contributed by atoms with Crippen LogP contribution in [-0.4, -0.2) is 40.8 Å². The Balaban J connectivity index is 1.62. The van der Waals surface area contributed by atoms with E-state index in [0.717, 1.165) is 10.5 Å². The summed E-state index contributed by atoms with van der Waals surface area (Å²) >= 11 is 0. The van der Waals surface area contributed by atoms with Gasteiger partial charge in [0.1, 0.15) is 12.6 Å². The first-order valence-electron chi connectivity index (χ1n) is 9.30. The Hall–Kier alpha value is -3.48. The number of esters is 1. The van der Waals surface area contributed by atoms with Crippen molar-refractivity contribution >= 4 is 23.8 Å². The van der Waals surface area contributed by atoms with Gasteiger partial charge in [0.25, 0.3) is 0 Å². The fraction of sp³-hybridized carbons (Fsp3) is 0.273. The van der Waals surface area contributed by atoms with E-state index in [9.17, 15) is 19.2 Å². The van der Waals surface area contributed by atoms with Gasteiger partial charge in [-0.25, -0.2) is 14.5 Å². The Morgan fingerprint density at radius 2 is 1.66 bits per heavy atom. The third-order valence-electron chi connectivity index (χ3n) is 4.61. The summed E-state index contributed by atoms with van der Waals surface area (Å²) in [7, 11) is 0. The van der Waals surface area contributed by atoms with Crippen molar-refractivity contribution < 1.29 is 28.7 Å². The Kier molecular flexibility index (Phi) is 6.39. The van der Waals surface area contributed by atoms with E-state index in [1.165, 1.54) is 6.92 Å². The summed E-state index contributed by atoms with van der Waals surface area (Å²) in [4.78, 5) is 50.2. The van der Waals surface area contributed by atoms with Gasteiger partial charge in [0.2, 0.25) is 11.7 Å². The van der Waals surface area contributed by atoms with Crippen molar-refractivity contribution in [1.82, 2.24) is 4.90 Å². The van der Waals surface area contributed by atoms with Crippen LogP contribution >= 0.6 is 0 Å². The SMILES string of the molecule is C[C@@H](OC(=O)[C@@H]1CCC(=O)N1C(=O)OCc1ccccc1)C(=O)c1ccccc1. The number of Topliss-reactive ketones (excluding diaryl/α,β-unsaturated/α-hetero) is 1. The number of likely N-dealkylation sites (tertiary alicyclic amines) is 1. The lowest BCUT2D eigenvalue weighted by atomic mass is 10.1. The molecule has 0 aromatic heterocycles. The van der Waals surface area contributed by atoms with Gasteiger partial charge in [0.05, 0.1) is 0 Å². The molecule has 0 aliphatic carbocycles. The maximum atomic E-state index is 12.6. The van der Waals surface area contributed by atoms with E-state index in [1.807, 2.05) is 6.07 Å². The molecule has 1 aliphatic rings. The van der Waals surface area contributed by atoms with E-state index < -0.39 is 30.1 Å². The first kappa shape index (κ1) is 20.3. The van der Waals surface area contributed by atoms with Gasteiger partial charge in [-0.15, -0.1) is 0 Å². The number of nitrogens with zero attached hydrogens (tertiary/aromatic N) is 1. The van der Waals surface area contributed by atoms with Gasteiger partial charge in [-0.1, -0.05) is 60.7 Å². The minimum absolute atomic E-state index is 0.0197. The van der Waals surface area contributed by atoms with Crippen LogP contribution in [0.4, 0.5) is 4.79 Å². The summed E-state index contributed by atoms with van der Waals surface area (Å²) in [5, 5.41) is 0. The van der Waals surface area contributed by atoms with E-state index in [0.29, 0.717) is 5.56 Å². The molecule has 2 aromatic carbocycles. The summed E-state index contributed by atoms with van der Waals surface area (Å²) in [6.45, 7) is 1.44. The van der Waals surface area contributed by atoms with Gasteiger partial charge in [0, 0.05) is 12.0 Å². The molecule has 2 atom stereocenters. The number of imide groups is 1. The molecule has 0 unspecified atom stereocenters. The maximum absolute atomic E-state index is 12.6. The number of hydrogen-bond donors (Lipinski definition) is 0. The molecule has 0 bridgehead atoms. The highest BCUT2D eigenvalue weighted by molar-refractivity contribution is 6.02. The molecule has 7 heteroatoms. The monoisotopic (exact) mass is 395 g/mol. The fourth-order valence-corrected chi connectivity index (χ4v) is 3.07. The van der Waals surface area contributed by atoms with Crippen molar-refractivity contribution in [3.63, 3.8) is 0 Å². The van der Waals surface area contributed by atoms with Crippen LogP contribution < -0.4 is 0 Å². The molecule has 3 rings (SSSR count). The van der Waals surface area contributed by atoms with Crippen molar-refractivity contribution in [1.29, 1.82) is 0 Å². The first-order chi connectivity index (χ1) is 14.0. The van der Waals surface area contributed by atoms with Crippen LogP contribution in [0.25, 0.3) is 0 Å². The number of carbonyl (C=O) groups is 4. The molecule has 29 heavy (non-hydrogen) atoms. The molecule has 1 saturated heterocycles. The van der Waals surface area contributed by atoms with Gasteiger partial charge in [-0.3, -0.25) is 9.59 Å². The lowest BCUT2D eigenvalue weighted by Crippen LogP contribution is -2.45. The number of rotatable bonds is 6. The van der Waals surface area contributed by atoms with Crippen molar-refractivity contribution in [2.24, 2.45) is 0 Å². The molecule has 0 N–H and O–H groups in total. The molecule has 7 nitrogen and oxygen atoms in total. The van der Waals surface area contributed by atoms with Crippen molar-refractivity contribution in [2.45, 2.75) is 38.5 Å². The summed E-state index contributed by atoms with van der Waals surface area (Å²) < 4.78 is 10.4. The molecule has 1 heterocycles. The molecular weight excluding hydrogens is 374 g/mol. The lowest BCUT2D eigenvalue weighted by Gasteiger charge is -2.22. The summed E-state index contributed by atoms with van der Waals surface area (Å²) in [6, 6.07) is 16.3. The smallest absolute Gasteiger partial charge is 0.417 e. The van der Waals surface area contributed by atoms with Gasteiger partial charge in [-0.2, -0.15) is 0 Å². The van der Waals surface area contributed by atoms with Crippen LogP contribution in [0.15, 0.2) is 60.7 Å². The second-order valence-electron chi connectivity index (χ2n) is 6.67. The normalized spacial score (nSPS) is 16.9. The highest BCUT2D eigenvalue weighted by Crippen LogP contribution is 2.22. The van der Waals surface area contributed by atoms with E-state index in [4.69, 9.17) is 9.47 Å². The molecule has 1 fully saturated rings. The summed E-state index contributed by atoms with van der Waals surface area (Å²) in [5.41, 5.74) is 1.17. The van der Waals surface area contributed by atoms with E-state index in [-0.39, 0.29) is 25.2 Å². The molecule has 0 saturated carbocycles. The van der Waals surface area contributed by atoms with Crippen molar-refractivity contribution in [2.75, 3.05) is 0 Å².